The standard InChI is InChI=1S/C25H23FN4O4/c26-20-8-6-19(7-9-20)21-10-11-23(32)30(27-21)15-13-22(31)28-16-24(33)29(25(34)17-28)14-12-18-4-2-1-3-5-18/h1-11H,12-17H2. The van der Waals surface area contributed by atoms with Gasteiger partial charge < -0.3 is 4.90 Å². The number of halogens is 1. The predicted octanol–water partition coefficient (Wildman–Crippen LogP) is 1.88. The lowest BCUT2D eigenvalue weighted by atomic mass is 10.1. The summed E-state index contributed by atoms with van der Waals surface area (Å²) in [7, 11) is 0. The van der Waals surface area contributed by atoms with Crippen molar-refractivity contribution in [3.8, 4) is 11.3 Å². The van der Waals surface area contributed by atoms with Gasteiger partial charge in [0.15, 0.2) is 0 Å². The van der Waals surface area contributed by atoms with Crippen molar-refractivity contribution in [1.82, 2.24) is 19.6 Å². The second kappa shape index (κ2) is 10.2. The molecule has 4 rings (SSSR count). The number of aromatic nitrogens is 2. The second-order valence-electron chi connectivity index (χ2n) is 7.96. The first-order valence-corrected chi connectivity index (χ1v) is 10.9. The fourth-order valence-electron chi connectivity index (χ4n) is 3.75. The Morgan fingerprint density at radius 1 is 0.853 bits per heavy atom. The van der Waals surface area contributed by atoms with E-state index in [1.165, 1.54) is 34.1 Å². The quantitative estimate of drug-likeness (QED) is 0.500. The van der Waals surface area contributed by atoms with Crippen molar-refractivity contribution < 1.29 is 18.8 Å². The number of benzene rings is 2. The highest BCUT2D eigenvalue weighted by Crippen LogP contribution is 2.16. The zero-order valence-corrected chi connectivity index (χ0v) is 18.4. The molecule has 174 valence electrons. The highest BCUT2D eigenvalue weighted by atomic mass is 19.1. The van der Waals surface area contributed by atoms with E-state index in [1.54, 1.807) is 12.1 Å². The Morgan fingerprint density at radius 3 is 2.21 bits per heavy atom. The lowest BCUT2D eigenvalue weighted by molar-refractivity contribution is -0.156. The fourth-order valence-corrected chi connectivity index (χ4v) is 3.75. The zero-order chi connectivity index (χ0) is 24.1. The Bertz CT molecular complexity index is 1240. The Balaban J connectivity index is 1.35. The maximum Gasteiger partial charge on any atom is 0.266 e. The van der Waals surface area contributed by atoms with Gasteiger partial charge in [0.25, 0.3) is 5.56 Å². The molecule has 1 aromatic heterocycles. The van der Waals surface area contributed by atoms with Gasteiger partial charge in [0.1, 0.15) is 18.9 Å². The lowest BCUT2D eigenvalue weighted by Crippen LogP contribution is -2.56. The van der Waals surface area contributed by atoms with Crippen molar-refractivity contribution in [3.05, 3.63) is 88.5 Å². The fraction of sp³-hybridized carbons (Fsp3) is 0.240. The van der Waals surface area contributed by atoms with Gasteiger partial charge in [-0.15, -0.1) is 0 Å². The van der Waals surface area contributed by atoms with Crippen LogP contribution in [0.15, 0.2) is 71.5 Å². The average molecular weight is 462 g/mol. The Morgan fingerprint density at radius 2 is 1.53 bits per heavy atom. The molecule has 0 atom stereocenters. The molecule has 1 aliphatic heterocycles. The predicted molar refractivity (Wildman–Crippen MR) is 122 cm³/mol. The zero-order valence-electron chi connectivity index (χ0n) is 18.4. The molecule has 1 saturated heterocycles. The summed E-state index contributed by atoms with van der Waals surface area (Å²) in [5.74, 6) is -1.64. The van der Waals surface area contributed by atoms with Gasteiger partial charge in [-0.05, 0) is 42.3 Å². The monoisotopic (exact) mass is 462 g/mol. The average Bonchev–Trinajstić information content (AvgIpc) is 2.84. The number of piperazine rings is 1. The van der Waals surface area contributed by atoms with Crippen LogP contribution in [-0.2, 0) is 27.3 Å². The number of nitrogens with zero attached hydrogens (tertiary/aromatic N) is 4. The minimum Gasteiger partial charge on any atom is -0.324 e. The van der Waals surface area contributed by atoms with E-state index in [0.717, 1.165) is 10.2 Å². The molecule has 2 heterocycles. The topological polar surface area (TPSA) is 92.6 Å². The van der Waals surface area contributed by atoms with Crippen LogP contribution >= 0.6 is 0 Å². The summed E-state index contributed by atoms with van der Waals surface area (Å²) in [4.78, 5) is 52.3. The van der Waals surface area contributed by atoms with Crippen LogP contribution in [0.4, 0.5) is 4.39 Å². The molecule has 0 radical (unpaired) electrons. The van der Waals surface area contributed by atoms with Crippen molar-refractivity contribution in [3.63, 3.8) is 0 Å². The molecule has 2 aromatic carbocycles. The van der Waals surface area contributed by atoms with Crippen molar-refractivity contribution in [2.24, 2.45) is 0 Å². The van der Waals surface area contributed by atoms with E-state index >= 15 is 0 Å². The molecule has 8 nitrogen and oxygen atoms in total. The van der Waals surface area contributed by atoms with E-state index in [1.807, 2.05) is 30.3 Å². The summed E-state index contributed by atoms with van der Waals surface area (Å²) in [6.45, 7) is -0.114. The molecule has 3 amide bonds. The third-order valence-electron chi connectivity index (χ3n) is 5.62. The molecule has 1 fully saturated rings. The van der Waals surface area contributed by atoms with Gasteiger partial charge in [0.2, 0.25) is 17.7 Å². The normalized spacial score (nSPS) is 13.9. The Labute approximate surface area is 195 Å². The van der Waals surface area contributed by atoms with E-state index < -0.39 is 23.3 Å². The molecule has 9 heteroatoms. The smallest absolute Gasteiger partial charge is 0.266 e. The molecule has 1 aliphatic rings. The largest absolute Gasteiger partial charge is 0.324 e. The highest BCUT2D eigenvalue weighted by molar-refractivity contribution is 6.02. The molecule has 0 aliphatic carbocycles. The van der Waals surface area contributed by atoms with Gasteiger partial charge in [0.05, 0.1) is 12.2 Å². The van der Waals surface area contributed by atoms with E-state index in [2.05, 4.69) is 5.10 Å². The van der Waals surface area contributed by atoms with Crippen LogP contribution in [-0.4, -0.2) is 56.9 Å². The van der Waals surface area contributed by atoms with Gasteiger partial charge >= 0.3 is 0 Å². The van der Waals surface area contributed by atoms with Gasteiger partial charge in [-0.25, -0.2) is 9.07 Å². The molecule has 34 heavy (non-hydrogen) atoms. The van der Waals surface area contributed by atoms with Crippen molar-refractivity contribution in [2.75, 3.05) is 19.6 Å². The number of rotatable bonds is 7. The molecule has 3 aromatic rings. The Hall–Kier alpha value is -4.14. The second-order valence-corrected chi connectivity index (χ2v) is 7.96. The molecule has 0 saturated carbocycles. The number of amides is 3. The molecule has 0 unspecified atom stereocenters. The maximum absolute atomic E-state index is 13.2. The molecular formula is C25H23FN4O4. The molecule has 0 bridgehead atoms. The van der Waals surface area contributed by atoms with Crippen LogP contribution < -0.4 is 5.56 Å². The number of carbonyl (C=O) groups is 3. The summed E-state index contributed by atoms with van der Waals surface area (Å²) in [6, 6.07) is 18.1. The van der Waals surface area contributed by atoms with Crippen LogP contribution in [0, 0.1) is 5.82 Å². The Kier molecular flexibility index (Phi) is 6.91. The minimum atomic E-state index is -0.422. The van der Waals surface area contributed by atoms with Gasteiger partial charge in [-0.2, -0.15) is 5.10 Å². The third-order valence-corrected chi connectivity index (χ3v) is 5.62. The van der Waals surface area contributed by atoms with Gasteiger partial charge in [-0.3, -0.25) is 24.1 Å². The van der Waals surface area contributed by atoms with Crippen LogP contribution in [0.2, 0.25) is 0 Å². The number of hydrogen-bond donors (Lipinski definition) is 0. The third kappa shape index (κ3) is 5.43. The summed E-state index contributed by atoms with van der Waals surface area (Å²) in [6.07, 6.45) is 0.454. The first-order valence-electron chi connectivity index (χ1n) is 10.9. The van der Waals surface area contributed by atoms with Crippen molar-refractivity contribution in [2.45, 2.75) is 19.4 Å². The summed E-state index contributed by atoms with van der Waals surface area (Å²) < 4.78 is 14.3. The molecule has 0 N–H and O–H groups in total. The number of hydrogen-bond acceptors (Lipinski definition) is 5. The number of imide groups is 1. The van der Waals surface area contributed by atoms with Crippen molar-refractivity contribution in [1.29, 1.82) is 0 Å². The minimum absolute atomic E-state index is 0.0106. The van der Waals surface area contributed by atoms with Crippen LogP contribution in [0.3, 0.4) is 0 Å². The van der Waals surface area contributed by atoms with Crippen LogP contribution in [0.25, 0.3) is 11.3 Å². The summed E-state index contributed by atoms with van der Waals surface area (Å²) in [5.41, 5.74) is 1.72. The molecule has 0 spiro atoms. The lowest BCUT2D eigenvalue weighted by Gasteiger charge is -2.32. The maximum atomic E-state index is 13.2. The molecular weight excluding hydrogens is 439 g/mol. The van der Waals surface area contributed by atoms with Crippen molar-refractivity contribution >= 4 is 17.7 Å². The SMILES string of the molecule is O=C(CCn1nc(-c2ccc(F)cc2)ccc1=O)N1CC(=O)N(CCc2ccccc2)C(=O)C1. The van der Waals surface area contributed by atoms with E-state index in [0.29, 0.717) is 17.7 Å². The number of aryl methyl sites for hydroxylation is 1. The van der Waals surface area contributed by atoms with Gasteiger partial charge in [-0.1, -0.05) is 30.3 Å². The first kappa shape index (κ1) is 23.0. The van der Waals surface area contributed by atoms with Gasteiger partial charge in [0, 0.05) is 24.6 Å². The number of carbonyl (C=O) groups excluding carboxylic acids is 3. The van der Waals surface area contributed by atoms with Crippen LogP contribution in [0.5, 0.6) is 0 Å². The summed E-state index contributed by atoms with van der Waals surface area (Å²) in [5, 5.41) is 4.25. The first-order chi connectivity index (χ1) is 16.4. The highest BCUT2D eigenvalue weighted by Gasteiger charge is 2.32. The van der Waals surface area contributed by atoms with Crippen LogP contribution in [0.1, 0.15) is 12.0 Å². The van der Waals surface area contributed by atoms with E-state index in [9.17, 15) is 23.6 Å². The van der Waals surface area contributed by atoms with E-state index in [-0.39, 0.29) is 38.4 Å². The summed E-state index contributed by atoms with van der Waals surface area (Å²) >= 11 is 0. The van der Waals surface area contributed by atoms with E-state index in [4.69, 9.17) is 0 Å².